The van der Waals surface area contributed by atoms with Gasteiger partial charge in [0.05, 0.1) is 5.60 Å². The van der Waals surface area contributed by atoms with Crippen LogP contribution in [-0.4, -0.2) is 45.1 Å². The fourth-order valence-electron chi connectivity index (χ4n) is 7.83. The van der Waals surface area contributed by atoms with Gasteiger partial charge >= 0.3 is 0 Å². The van der Waals surface area contributed by atoms with Gasteiger partial charge in [0.25, 0.3) is 6.47 Å². The van der Waals surface area contributed by atoms with E-state index < -0.39 is 28.5 Å². The van der Waals surface area contributed by atoms with E-state index >= 15 is 0 Å². The summed E-state index contributed by atoms with van der Waals surface area (Å²) in [5, 5.41) is 23.5. The molecule has 2 heterocycles. The van der Waals surface area contributed by atoms with Crippen molar-refractivity contribution in [3.8, 4) is 17.2 Å². The zero-order chi connectivity index (χ0) is 33.8. The Kier molecular flexibility index (Phi) is 8.75. The van der Waals surface area contributed by atoms with Crippen LogP contribution in [0.5, 0.6) is 17.2 Å². The third kappa shape index (κ3) is 5.15. The highest BCUT2D eigenvalue weighted by Gasteiger charge is 2.81. The summed E-state index contributed by atoms with van der Waals surface area (Å²) in [5.41, 5.74) is 0.344. The Morgan fingerprint density at radius 3 is 2.28 bits per heavy atom. The van der Waals surface area contributed by atoms with Gasteiger partial charge in [-0.25, -0.2) is 0 Å². The minimum absolute atomic E-state index is 0.000733. The molecule has 2 aliphatic heterocycles. The molecule has 0 amide bonds. The first-order valence-electron chi connectivity index (χ1n) is 16.1. The van der Waals surface area contributed by atoms with Crippen LogP contribution in [0.1, 0.15) is 103 Å². The number of carbonyl (C=O) groups excluding carboxylic acids is 3. The fraction of sp³-hybridized carbons (Fsp3) is 0.500. The van der Waals surface area contributed by atoms with Crippen molar-refractivity contribution in [1.29, 1.82) is 0 Å². The van der Waals surface area contributed by atoms with Crippen LogP contribution in [0, 0.1) is 11.8 Å². The van der Waals surface area contributed by atoms with Crippen molar-refractivity contribution >= 4 is 18.0 Å². The van der Waals surface area contributed by atoms with Gasteiger partial charge in [-0.3, -0.25) is 14.4 Å². The molecule has 6 rings (SSSR count). The van der Waals surface area contributed by atoms with Crippen molar-refractivity contribution in [2.75, 3.05) is 0 Å². The Hall–Kier alpha value is -3.91. The molecule has 46 heavy (non-hydrogen) atoms. The summed E-state index contributed by atoms with van der Waals surface area (Å²) in [6.07, 6.45) is 12.0. The second kappa shape index (κ2) is 12.0. The van der Waals surface area contributed by atoms with Crippen molar-refractivity contribution in [1.82, 2.24) is 0 Å². The molecule has 1 aromatic rings. The van der Waals surface area contributed by atoms with Gasteiger partial charge in [-0.1, -0.05) is 41.0 Å². The number of fused-ring (bicyclic) bond motifs is 1. The zero-order valence-corrected chi connectivity index (χ0v) is 28.2. The number of phenolic OH excluding ortho intramolecular Hbond substituents is 2. The molecule has 1 saturated heterocycles. The highest BCUT2D eigenvalue weighted by Crippen LogP contribution is 2.68. The summed E-state index contributed by atoms with van der Waals surface area (Å²) in [6, 6.07) is 0. The van der Waals surface area contributed by atoms with E-state index in [0.717, 1.165) is 24.0 Å². The van der Waals surface area contributed by atoms with Crippen LogP contribution in [0.15, 0.2) is 58.4 Å². The van der Waals surface area contributed by atoms with E-state index in [0.29, 0.717) is 29.8 Å². The van der Waals surface area contributed by atoms with Crippen LogP contribution >= 0.6 is 0 Å². The Labute approximate surface area is 271 Å². The Balaban J connectivity index is 1.70. The van der Waals surface area contributed by atoms with Gasteiger partial charge in [-0.2, -0.15) is 0 Å². The van der Waals surface area contributed by atoms with Crippen molar-refractivity contribution in [2.45, 2.75) is 111 Å². The maximum absolute atomic E-state index is 14.7. The molecular weight excluding hydrogens is 584 g/mol. The van der Waals surface area contributed by atoms with E-state index in [1.165, 1.54) is 5.57 Å². The van der Waals surface area contributed by atoms with E-state index in [1.807, 2.05) is 46.8 Å². The number of Topliss-reactive ketones (excluding diaryl/α,β-unsaturated/α-hetero) is 2. The minimum atomic E-state index is -1.59. The smallest absolute Gasteiger partial charge is 0.298 e. The molecule has 2 N–H and O–H groups in total. The van der Waals surface area contributed by atoms with Crippen molar-refractivity contribution in [3.05, 3.63) is 75.1 Å². The van der Waals surface area contributed by atoms with E-state index in [2.05, 4.69) is 19.9 Å². The SMILES string of the molecule is CC(C)=CCC/C(C)=C/Cc1c(O)c(CC=C(C)C)c2c(c1O)C(=O)C1=CC3CC4C(C)(C)OC(C/C=C(/C)OC=O)(C3=O)[C@@]14O2. The molecule has 0 radical (unpaired) electrons. The normalized spacial score (nSPS) is 27.3. The number of carbonyl (C=O) groups is 3. The van der Waals surface area contributed by atoms with Crippen LogP contribution in [0.3, 0.4) is 0 Å². The van der Waals surface area contributed by atoms with Crippen LogP contribution in [0.2, 0.25) is 0 Å². The van der Waals surface area contributed by atoms with E-state index in [-0.39, 0.29) is 59.3 Å². The molecule has 8 heteroatoms. The average Bonchev–Trinajstić information content (AvgIpc) is 3.12. The highest BCUT2D eigenvalue weighted by atomic mass is 16.6. The highest BCUT2D eigenvalue weighted by molar-refractivity contribution is 6.18. The number of allylic oxidation sites excluding steroid dienone is 8. The van der Waals surface area contributed by atoms with Gasteiger partial charge in [-0.05, 0) is 93.6 Å². The van der Waals surface area contributed by atoms with Crippen molar-refractivity contribution in [3.63, 3.8) is 0 Å². The molecule has 3 aliphatic carbocycles. The van der Waals surface area contributed by atoms with Gasteiger partial charge in [0.15, 0.2) is 22.8 Å². The maximum Gasteiger partial charge on any atom is 0.298 e. The molecule has 246 valence electrons. The molecule has 4 bridgehead atoms. The second-order valence-corrected chi connectivity index (χ2v) is 14.2. The largest absolute Gasteiger partial charge is 0.507 e. The summed E-state index contributed by atoms with van der Waals surface area (Å²) in [6.45, 7) is 15.7. The van der Waals surface area contributed by atoms with Gasteiger partial charge in [0, 0.05) is 35.0 Å². The summed E-state index contributed by atoms with van der Waals surface area (Å²) in [5.74, 6) is -1.66. The predicted molar refractivity (Wildman–Crippen MR) is 175 cm³/mol. The first kappa shape index (κ1) is 33.5. The molecule has 4 atom stereocenters. The molecule has 1 spiro atoms. The van der Waals surface area contributed by atoms with Crippen molar-refractivity contribution < 1.29 is 38.8 Å². The summed E-state index contributed by atoms with van der Waals surface area (Å²) >= 11 is 0. The number of hydrogen-bond donors (Lipinski definition) is 2. The quantitative estimate of drug-likeness (QED) is 0.148. The van der Waals surface area contributed by atoms with Crippen molar-refractivity contribution in [2.24, 2.45) is 11.8 Å². The predicted octanol–water partition coefficient (Wildman–Crippen LogP) is 7.32. The molecule has 0 aromatic heterocycles. The standard InChI is InChI=1S/C38H46O8/c1-21(2)10-9-11-23(5)13-15-26-31(40)27(14-12-22(3)4)34-30(32(26)41)33(42)28-18-25-19-29-36(7,8)46-37(35(25)43,38(28,29)45-34)17-16-24(6)44-20-39/h10,12-13,16,18,20,25,29,40-41H,9,11,14-15,17,19H2,1-8H3/b23-13+,24-16-/t25?,29?,37?,38-/m1/s1. The topological polar surface area (TPSA) is 119 Å². The first-order valence-corrected chi connectivity index (χ1v) is 16.1. The number of aromatic hydroxyl groups is 2. The molecule has 2 fully saturated rings. The number of rotatable bonds is 11. The monoisotopic (exact) mass is 630 g/mol. The fourth-order valence-corrected chi connectivity index (χ4v) is 7.83. The first-order chi connectivity index (χ1) is 21.6. The van der Waals surface area contributed by atoms with Crippen LogP contribution in [0.4, 0.5) is 0 Å². The Bertz CT molecular complexity index is 1640. The lowest BCUT2D eigenvalue weighted by molar-refractivity contribution is -0.171. The molecular formula is C38H46O8. The maximum atomic E-state index is 14.7. The lowest BCUT2D eigenvalue weighted by Gasteiger charge is -2.56. The number of phenols is 2. The molecule has 5 aliphatic rings. The Morgan fingerprint density at radius 1 is 0.957 bits per heavy atom. The van der Waals surface area contributed by atoms with Crippen LogP contribution in [0.25, 0.3) is 0 Å². The number of hydrogen-bond acceptors (Lipinski definition) is 8. The average molecular weight is 631 g/mol. The number of ketones is 2. The van der Waals surface area contributed by atoms with E-state index in [4.69, 9.17) is 14.2 Å². The number of ether oxygens (including phenoxy) is 3. The third-order valence-corrected chi connectivity index (χ3v) is 10.1. The second-order valence-electron chi connectivity index (χ2n) is 14.2. The van der Waals surface area contributed by atoms with E-state index in [9.17, 15) is 24.6 Å². The summed E-state index contributed by atoms with van der Waals surface area (Å²) in [4.78, 5) is 39.9. The third-order valence-electron chi connectivity index (χ3n) is 10.1. The summed E-state index contributed by atoms with van der Waals surface area (Å²) in [7, 11) is 0. The molecule has 1 saturated carbocycles. The van der Waals surface area contributed by atoms with Gasteiger partial charge in [0.2, 0.25) is 0 Å². The lowest BCUT2D eigenvalue weighted by atomic mass is 9.51. The van der Waals surface area contributed by atoms with Gasteiger partial charge < -0.3 is 24.4 Å². The minimum Gasteiger partial charge on any atom is -0.507 e. The number of benzene rings is 1. The lowest BCUT2D eigenvalue weighted by Crippen LogP contribution is -2.72. The molecule has 8 nitrogen and oxygen atoms in total. The van der Waals surface area contributed by atoms with E-state index in [1.54, 1.807) is 19.1 Å². The molecule has 3 unspecified atom stereocenters. The zero-order valence-electron chi connectivity index (χ0n) is 28.2. The molecule has 1 aromatic carbocycles. The van der Waals surface area contributed by atoms with Crippen LogP contribution < -0.4 is 4.74 Å². The van der Waals surface area contributed by atoms with Crippen LogP contribution in [-0.2, 0) is 31.9 Å². The van der Waals surface area contributed by atoms with Gasteiger partial charge in [-0.15, -0.1) is 0 Å². The summed E-state index contributed by atoms with van der Waals surface area (Å²) < 4.78 is 18.7. The Morgan fingerprint density at radius 2 is 1.63 bits per heavy atom. The van der Waals surface area contributed by atoms with Gasteiger partial charge in [0.1, 0.15) is 28.6 Å².